The van der Waals surface area contributed by atoms with Crippen LogP contribution in [0.4, 0.5) is 14.8 Å². The van der Waals surface area contributed by atoms with Crippen molar-refractivity contribution in [2.24, 2.45) is 23.1 Å². The average molecular weight is 362 g/mol. The maximum Gasteiger partial charge on any atom is 0.317 e. The number of carbonyl (C=O) groups excluding carboxylic acids is 3. The van der Waals surface area contributed by atoms with Gasteiger partial charge < -0.3 is 22.5 Å². The number of nitrogens with one attached hydrogen (secondary N) is 2. The van der Waals surface area contributed by atoms with E-state index in [1.54, 1.807) is 0 Å². The summed E-state index contributed by atoms with van der Waals surface area (Å²) in [6.07, 6.45) is 3.13. The fourth-order valence-electron chi connectivity index (χ4n) is 2.45. The van der Waals surface area contributed by atoms with Gasteiger partial charge in [0.25, 0.3) is 5.91 Å². The van der Waals surface area contributed by atoms with Gasteiger partial charge >= 0.3 is 6.03 Å². The normalized spacial score (nSPS) is 20.2. The number of thiophene rings is 1. The quantitative estimate of drug-likeness (QED) is 0.546. The molecule has 0 spiro atoms. The molecule has 2 rings (SSSR count). The summed E-state index contributed by atoms with van der Waals surface area (Å²) in [5, 5.41) is 5.74. The Morgan fingerprint density at radius 1 is 1.09 bits per heavy atom. The maximum atomic E-state index is 12.2. The Bertz CT molecular complexity index is 598. The second-order valence-electron chi connectivity index (χ2n) is 5.31. The molecule has 0 saturated heterocycles. The molecular weight excluding hydrogens is 342 g/mol. The summed E-state index contributed by atoms with van der Waals surface area (Å²) in [6.45, 7) is 0. The second-order valence-corrected chi connectivity index (χ2v) is 6.36. The van der Waals surface area contributed by atoms with Gasteiger partial charge in [0.15, 0.2) is 0 Å². The van der Waals surface area contributed by atoms with Gasteiger partial charge in [-0.15, -0.1) is 12.4 Å². The van der Waals surface area contributed by atoms with Crippen LogP contribution >= 0.6 is 23.7 Å². The number of anilines is 2. The van der Waals surface area contributed by atoms with Gasteiger partial charge in [-0.2, -0.15) is 0 Å². The van der Waals surface area contributed by atoms with Crippen LogP contribution in [0.25, 0.3) is 0 Å². The van der Waals surface area contributed by atoms with Crippen molar-refractivity contribution in [2.75, 3.05) is 10.6 Å². The van der Waals surface area contributed by atoms with Crippen LogP contribution in [0.3, 0.4) is 0 Å². The Hall–Kier alpha value is -1.84. The minimum absolute atomic E-state index is 0. The average Bonchev–Trinajstić information content (AvgIpc) is 2.81. The van der Waals surface area contributed by atoms with Crippen molar-refractivity contribution < 1.29 is 14.4 Å². The summed E-state index contributed by atoms with van der Waals surface area (Å²) in [5.41, 5.74) is 16.2. The zero-order chi connectivity index (χ0) is 16.3. The molecule has 4 amide bonds. The van der Waals surface area contributed by atoms with Gasteiger partial charge in [0.05, 0.1) is 10.6 Å². The highest BCUT2D eigenvalue weighted by Gasteiger charge is 2.25. The van der Waals surface area contributed by atoms with E-state index < -0.39 is 11.9 Å². The first kappa shape index (κ1) is 19.2. The van der Waals surface area contributed by atoms with Crippen molar-refractivity contribution in [3.8, 4) is 0 Å². The SMILES string of the molecule is Cl.NC(=O)Nc1sc(NC(=O)C2CCC(N)CC2)cc1C(N)=O. The minimum Gasteiger partial charge on any atom is -0.366 e. The fraction of sp³-hybridized carbons (Fsp3) is 0.462. The summed E-state index contributed by atoms with van der Waals surface area (Å²) < 4.78 is 0. The number of hydrogen-bond donors (Lipinski definition) is 5. The molecule has 23 heavy (non-hydrogen) atoms. The van der Waals surface area contributed by atoms with Gasteiger partial charge in [0.2, 0.25) is 5.91 Å². The molecular formula is C13H20ClN5O3S. The predicted octanol–water partition coefficient (Wildman–Crippen LogP) is 1.22. The molecule has 1 saturated carbocycles. The lowest BCUT2D eigenvalue weighted by molar-refractivity contribution is -0.120. The van der Waals surface area contributed by atoms with E-state index in [0.29, 0.717) is 5.00 Å². The van der Waals surface area contributed by atoms with Gasteiger partial charge in [-0.25, -0.2) is 4.79 Å². The van der Waals surface area contributed by atoms with E-state index >= 15 is 0 Å². The maximum absolute atomic E-state index is 12.2. The number of halogens is 1. The molecule has 0 unspecified atom stereocenters. The number of carbonyl (C=O) groups is 3. The van der Waals surface area contributed by atoms with Crippen LogP contribution in [0.2, 0.25) is 0 Å². The molecule has 1 aromatic rings. The molecule has 1 fully saturated rings. The van der Waals surface area contributed by atoms with Crippen molar-refractivity contribution in [3.63, 3.8) is 0 Å². The summed E-state index contributed by atoms with van der Waals surface area (Å²) in [7, 11) is 0. The second kappa shape index (κ2) is 8.14. The molecule has 0 atom stereocenters. The Morgan fingerprint density at radius 2 is 1.70 bits per heavy atom. The molecule has 1 aromatic heterocycles. The van der Waals surface area contributed by atoms with Crippen molar-refractivity contribution >= 4 is 51.6 Å². The van der Waals surface area contributed by atoms with Gasteiger partial charge in [0.1, 0.15) is 5.00 Å². The number of rotatable bonds is 4. The molecule has 128 valence electrons. The molecule has 1 heterocycles. The van der Waals surface area contributed by atoms with E-state index in [1.165, 1.54) is 6.07 Å². The third kappa shape index (κ3) is 5.08. The number of nitrogens with two attached hydrogens (primary N) is 3. The van der Waals surface area contributed by atoms with E-state index in [2.05, 4.69) is 10.6 Å². The fourth-order valence-corrected chi connectivity index (χ4v) is 3.41. The van der Waals surface area contributed by atoms with Gasteiger partial charge in [-0.3, -0.25) is 14.9 Å². The van der Waals surface area contributed by atoms with Gasteiger partial charge in [-0.1, -0.05) is 11.3 Å². The van der Waals surface area contributed by atoms with E-state index in [0.717, 1.165) is 37.0 Å². The smallest absolute Gasteiger partial charge is 0.317 e. The molecule has 0 radical (unpaired) electrons. The Morgan fingerprint density at radius 3 is 2.22 bits per heavy atom. The zero-order valence-corrected chi connectivity index (χ0v) is 14.0. The largest absolute Gasteiger partial charge is 0.366 e. The number of hydrogen-bond acceptors (Lipinski definition) is 5. The van der Waals surface area contributed by atoms with Crippen LogP contribution in [0.1, 0.15) is 36.0 Å². The van der Waals surface area contributed by atoms with Crippen LogP contribution < -0.4 is 27.8 Å². The van der Waals surface area contributed by atoms with Gasteiger partial charge in [-0.05, 0) is 31.7 Å². The third-order valence-electron chi connectivity index (χ3n) is 3.62. The highest BCUT2D eigenvalue weighted by Crippen LogP contribution is 2.33. The summed E-state index contributed by atoms with van der Waals surface area (Å²) in [4.78, 5) is 34.5. The van der Waals surface area contributed by atoms with Crippen LogP contribution in [-0.4, -0.2) is 23.9 Å². The van der Waals surface area contributed by atoms with Crippen molar-refractivity contribution in [2.45, 2.75) is 31.7 Å². The first-order chi connectivity index (χ1) is 10.4. The van der Waals surface area contributed by atoms with E-state index in [9.17, 15) is 14.4 Å². The molecule has 1 aliphatic carbocycles. The van der Waals surface area contributed by atoms with Crippen LogP contribution in [0.15, 0.2) is 6.07 Å². The van der Waals surface area contributed by atoms with E-state index in [1.807, 2.05) is 0 Å². The number of amides is 4. The topological polar surface area (TPSA) is 153 Å². The first-order valence-corrected chi connectivity index (χ1v) is 7.75. The molecule has 10 heteroatoms. The summed E-state index contributed by atoms with van der Waals surface area (Å²) in [5.74, 6) is -0.912. The Labute approximate surface area is 143 Å². The molecule has 8 nitrogen and oxygen atoms in total. The summed E-state index contributed by atoms with van der Waals surface area (Å²) in [6, 6.07) is 0.798. The monoisotopic (exact) mass is 361 g/mol. The van der Waals surface area contributed by atoms with E-state index in [-0.39, 0.29) is 40.8 Å². The number of primary amides is 2. The Balaban J connectivity index is 0.00000264. The lowest BCUT2D eigenvalue weighted by Gasteiger charge is -2.24. The van der Waals surface area contributed by atoms with Crippen molar-refractivity contribution in [1.82, 2.24) is 0 Å². The minimum atomic E-state index is -0.802. The van der Waals surface area contributed by atoms with Crippen molar-refractivity contribution in [3.05, 3.63) is 11.6 Å². The predicted molar refractivity (Wildman–Crippen MR) is 91.9 cm³/mol. The third-order valence-corrected chi connectivity index (χ3v) is 4.59. The molecule has 8 N–H and O–H groups in total. The van der Waals surface area contributed by atoms with Crippen LogP contribution in [0, 0.1) is 5.92 Å². The first-order valence-electron chi connectivity index (χ1n) is 6.93. The molecule has 0 aliphatic heterocycles. The van der Waals surface area contributed by atoms with Crippen molar-refractivity contribution in [1.29, 1.82) is 0 Å². The lowest BCUT2D eigenvalue weighted by atomic mass is 9.86. The number of urea groups is 1. The molecule has 1 aliphatic rings. The highest BCUT2D eigenvalue weighted by atomic mass is 35.5. The molecule has 0 aromatic carbocycles. The lowest BCUT2D eigenvalue weighted by Crippen LogP contribution is -2.32. The summed E-state index contributed by atoms with van der Waals surface area (Å²) >= 11 is 1.04. The van der Waals surface area contributed by atoms with Crippen LogP contribution in [-0.2, 0) is 4.79 Å². The van der Waals surface area contributed by atoms with E-state index in [4.69, 9.17) is 17.2 Å². The Kier molecular flexibility index (Phi) is 6.79. The van der Waals surface area contributed by atoms with Crippen LogP contribution in [0.5, 0.6) is 0 Å². The standard InChI is InChI=1S/C13H19N5O3S.ClH/c14-7-3-1-6(2-4-7)11(20)17-9-5-8(10(15)19)12(22-9)18-13(16)21;/h5-7H,1-4,14H2,(H2,15,19)(H,17,20)(H3,16,18,21);1H. The molecule has 0 bridgehead atoms. The van der Waals surface area contributed by atoms with Gasteiger partial charge in [0, 0.05) is 12.0 Å². The zero-order valence-electron chi connectivity index (χ0n) is 12.3. The highest BCUT2D eigenvalue weighted by molar-refractivity contribution is 7.20.